The molecule has 0 aliphatic carbocycles. The fourth-order valence-corrected chi connectivity index (χ4v) is 9.97. The predicted octanol–water partition coefficient (Wildman–Crippen LogP) is -26.2. The summed E-state index contributed by atoms with van der Waals surface area (Å²) in [5, 5.41) is 361. The second-order valence-electron chi connectivity index (χ2n) is 24.2. The summed E-state index contributed by atoms with van der Waals surface area (Å²) in [7, 11) is 0. The molecule has 7 rings (SSSR count). The summed E-state index contributed by atoms with van der Waals surface area (Å²) >= 11 is 0. The standard InChI is InChI=1S/3C12H22O11.3C6H12O6/c13-1-4-6(16)8(18)9(19)11(21-4)23-12(3-15)10(20)7(17)5(2-14)22-12;13-1-3-5(14)8(17)10(19)12(23-3)21-2-4-6(15)7(16)9(18)11(20)22-4;13-1-3-5(15)7(17)9(19)11(21-3)23-12-10(20)8(18)6(16)4(2-14)22-12;7-1-3-4(9)5(10)6(11,2-8)12-3;2*7-1-3(9)5(11)6(12)4(10)2-8/h4-11,13-20H,1-3H2;2*3-20H,1-2H2;3-5,7-11H,1-2H2;2*1,3-6,8-12H,2H2/t4-,5-,6-,7-,8+,9-,10+,11-,12+;3-,4-,5+,6-,7+,8+,9-,10-,11-,12+;3-,4-,5-,6-,7+,8+,9-,10-,11-,12-;3-,4-,5+,6-;3-,4+,5+,6-;3-,4-,5-,6-/m111101/s1. The van der Waals surface area contributed by atoms with Crippen molar-refractivity contribution in [3.8, 4) is 0 Å². The van der Waals surface area contributed by atoms with Gasteiger partial charge in [-0.05, 0) is 0 Å². The van der Waals surface area contributed by atoms with Crippen LogP contribution in [0.1, 0.15) is 0 Å². The molecule has 39 N–H and O–H groups in total. The summed E-state index contributed by atoms with van der Waals surface area (Å²) in [6, 6.07) is 0. The first-order valence-corrected chi connectivity index (χ1v) is 31.4. The van der Waals surface area contributed by atoms with Gasteiger partial charge in [0.15, 0.2) is 44.0 Å². The van der Waals surface area contributed by atoms with Crippen molar-refractivity contribution in [1.29, 1.82) is 0 Å². The van der Waals surface area contributed by atoms with Gasteiger partial charge >= 0.3 is 0 Å². The molecule has 0 aromatic carbocycles. The van der Waals surface area contributed by atoms with Gasteiger partial charge in [-0.25, -0.2) is 0 Å². The van der Waals surface area contributed by atoms with E-state index < -0.39 is 323 Å². The number of aliphatic hydroxyl groups excluding tert-OH is 38. The van der Waals surface area contributed by atoms with Crippen molar-refractivity contribution >= 4 is 12.6 Å². The highest BCUT2D eigenvalue weighted by Crippen LogP contribution is 2.37. The highest BCUT2D eigenvalue weighted by atomic mass is 16.8. The molecule has 0 unspecified atom stereocenters. The minimum absolute atomic E-state index is 0.0258. The zero-order valence-corrected chi connectivity index (χ0v) is 54.8. The lowest BCUT2D eigenvalue weighted by Crippen LogP contribution is -2.63. The molecule has 51 nitrogen and oxygen atoms in total. The lowest BCUT2D eigenvalue weighted by atomic mass is 9.98. The van der Waals surface area contributed by atoms with Gasteiger partial charge in [-0.2, -0.15) is 0 Å². The third kappa shape index (κ3) is 25.2. The first kappa shape index (κ1) is 98.5. The highest BCUT2D eigenvalue weighted by molar-refractivity contribution is 5.57. The topological polar surface area (TPSA) is 915 Å². The van der Waals surface area contributed by atoms with Crippen LogP contribution in [0.5, 0.6) is 0 Å². The third-order valence-corrected chi connectivity index (χ3v) is 16.8. The van der Waals surface area contributed by atoms with Crippen molar-refractivity contribution in [2.45, 2.75) is 251 Å². The van der Waals surface area contributed by atoms with Crippen LogP contribution in [0.2, 0.25) is 0 Å². The largest absolute Gasteiger partial charge is 0.394 e. The van der Waals surface area contributed by atoms with Crippen LogP contribution in [0.15, 0.2) is 0 Å². The third-order valence-electron chi connectivity index (χ3n) is 16.8. The summed E-state index contributed by atoms with van der Waals surface area (Å²) in [6.45, 7) is -7.63. The molecule has 7 fully saturated rings. The Labute approximate surface area is 591 Å². The second-order valence-corrected chi connectivity index (χ2v) is 24.2. The van der Waals surface area contributed by atoms with E-state index in [9.17, 15) is 112 Å². The monoisotopic (exact) mass is 1570 g/mol. The van der Waals surface area contributed by atoms with E-state index in [1.807, 2.05) is 0 Å². The number of ether oxygens (including phenoxy) is 10. The van der Waals surface area contributed by atoms with E-state index in [2.05, 4.69) is 4.74 Å². The van der Waals surface area contributed by atoms with E-state index >= 15 is 0 Å². The fourth-order valence-electron chi connectivity index (χ4n) is 9.97. The van der Waals surface area contributed by atoms with Crippen LogP contribution in [0, 0.1) is 0 Å². The van der Waals surface area contributed by atoms with Crippen molar-refractivity contribution in [2.24, 2.45) is 0 Å². The number of rotatable bonds is 25. The lowest BCUT2D eigenvalue weighted by molar-refractivity contribution is -0.383. The SMILES string of the molecule is O=C[C@@H](O)[C@@H](O)[C@H](O)[C@H](O)CO.O=C[C@H](O)[C@@H](O)[C@@H](O)[C@H](O)CO.OC[C@H]1O[C@@](CO)(O[C@H]2O[C@H](CO)[C@@H](O)[C@H](O)[C@H]2O)[C@@H](O)[C@@H]1O.OC[C@H]1O[C@H](OC[C@H]2O[C@@H](O)[C@H](O)[C@@H](O)[C@@H]2O)[C@H](O)[C@@H](O)[C@H]1O.OC[C@H]1O[C@H](O[C@H]2O[C@H](CO)[C@@H](O)[C@H](O)[C@H]2O)[C@H](O)[C@@H](O)[C@@H]1O.OC[C@H]1O[C@](O)(CO)[C@@H](O)[C@@H]1O. The molecule has 0 radical (unpaired) electrons. The number of carbonyl (C=O) groups is 2. The number of aldehydes is 2. The Bertz CT molecular complexity index is 2290. The Morgan fingerprint density at radius 2 is 0.638 bits per heavy atom. The average molecular weight is 1570 g/mol. The summed E-state index contributed by atoms with van der Waals surface area (Å²) in [6.07, 6.45) is -61.3. The quantitative estimate of drug-likeness (QED) is 0.0377. The predicted molar refractivity (Wildman–Crippen MR) is 316 cm³/mol. The molecular weight excluding hydrogens is 1460 g/mol. The molecule has 624 valence electrons. The molecule has 7 saturated heterocycles. The van der Waals surface area contributed by atoms with Crippen LogP contribution >= 0.6 is 0 Å². The molecule has 0 aromatic rings. The van der Waals surface area contributed by atoms with Gasteiger partial charge in [0.05, 0.1) is 66.1 Å². The number of aliphatic hydroxyl groups is 39. The maximum atomic E-state index is 10.00. The van der Waals surface area contributed by atoms with Crippen LogP contribution in [-0.2, 0) is 57.0 Å². The Morgan fingerprint density at radius 3 is 0.952 bits per heavy atom. The molecule has 7 heterocycles. The van der Waals surface area contributed by atoms with E-state index in [0.717, 1.165) is 0 Å². The molecule has 105 heavy (non-hydrogen) atoms. The van der Waals surface area contributed by atoms with E-state index in [4.69, 9.17) is 140 Å². The van der Waals surface area contributed by atoms with Crippen molar-refractivity contribution in [3.63, 3.8) is 0 Å². The zero-order valence-electron chi connectivity index (χ0n) is 54.8. The molecule has 51 heteroatoms. The second kappa shape index (κ2) is 45.8. The number of carbonyl (C=O) groups excluding carboxylic acids is 2. The van der Waals surface area contributed by atoms with Crippen molar-refractivity contribution < 1.29 is 256 Å². The Kier molecular flexibility index (Phi) is 42.9. The maximum Gasteiger partial charge on any atom is 0.224 e. The van der Waals surface area contributed by atoms with Gasteiger partial charge in [0.1, 0.15) is 214 Å². The van der Waals surface area contributed by atoms with Crippen LogP contribution < -0.4 is 0 Å². The van der Waals surface area contributed by atoms with E-state index in [-0.39, 0.29) is 12.6 Å². The van der Waals surface area contributed by atoms with Crippen LogP contribution in [-0.4, -0.2) is 535 Å². The van der Waals surface area contributed by atoms with Gasteiger partial charge in [-0.3, -0.25) is 0 Å². The van der Waals surface area contributed by atoms with Crippen molar-refractivity contribution in [3.05, 3.63) is 0 Å². The van der Waals surface area contributed by atoms with E-state index in [1.54, 1.807) is 0 Å². The van der Waals surface area contributed by atoms with Gasteiger partial charge in [0.25, 0.3) is 0 Å². The molecule has 41 atom stereocenters. The minimum atomic E-state index is -2.22. The Hall–Kier alpha value is -2.62. The van der Waals surface area contributed by atoms with Crippen molar-refractivity contribution in [2.75, 3.05) is 72.7 Å². The van der Waals surface area contributed by atoms with Crippen molar-refractivity contribution in [1.82, 2.24) is 0 Å². The smallest absolute Gasteiger partial charge is 0.224 e. The van der Waals surface area contributed by atoms with Crippen LogP contribution in [0.25, 0.3) is 0 Å². The first-order chi connectivity index (χ1) is 49.0. The van der Waals surface area contributed by atoms with E-state index in [1.165, 1.54) is 0 Å². The van der Waals surface area contributed by atoms with Gasteiger partial charge in [-0.1, -0.05) is 0 Å². The molecule has 7 aliphatic heterocycles. The molecule has 0 aromatic heterocycles. The molecule has 0 amide bonds. The molecule has 0 saturated carbocycles. The molecule has 7 aliphatic rings. The van der Waals surface area contributed by atoms with Crippen LogP contribution in [0.3, 0.4) is 0 Å². The van der Waals surface area contributed by atoms with Crippen LogP contribution in [0.4, 0.5) is 0 Å². The normalized spacial score (nSPS) is 44.2. The summed E-state index contributed by atoms with van der Waals surface area (Å²) < 4.78 is 50.5. The minimum Gasteiger partial charge on any atom is -0.394 e. The van der Waals surface area contributed by atoms with Gasteiger partial charge in [0.2, 0.25) is 11.6 Å². The molecule has 0 bridgehead atoms. The Balaban J connectivity index is 0.000000439. The van der Waals surface area contributed by atoms with E-state index in [0.29, 0.717) is 0 Å². The summed E-state index contributed by atoms with van der Waals surface area (Å²) in [4.78, 5) is 19.8. The fraction of sp³-hybridized carbons (Fsp3) is 0.963. The summed E-state index contributed by atoms with van der Waals surface area (Å²) in [5.74, 6) is -4.38. The zero-order chi connectivity index (χ0) is 80.8. The van der Waals surface area contributed by atoms with Gasteiger partial charge in [-0.15, -0.1) is 0 Å². The highest BCUT2D eigenvalue weighted by Gasteiger charge is 2.59. The lowest BCUT2D eigenvalue weighted by Gasteiger charge is -2.44. The number of hydrogen-bond acceptors (Lipinski definition) is 51. The Morgan fingerprint density at radius 1 is 0.324 bits per heavy atom. The average Bonchev–Trinajstić information content (AvgIpc) is 1.65. The number of hydrogen-bond donors (Lipinski definition) is 39. The molecule has 0 spiro atoms. The first-order valence-electron chi connectivity index (χ1n) is 31.4. The van der Waals surface area contributed by atoms with Gasteiger partial charge in [0, 0.05) is 0 Å². The van der Waals surface area contributed by atoms with Gasteiger partial charge < -0.3 is 256 Å². The molecular formula is C54H102O51. The summed E-state index contributed by atoms with van der Waals surface area (Å²) in [5.41, 5.74) is 0. The maximum absolute atomic E-state index is 10.00.